The largest absolute Gasteiger partial charge is 0.494 e. The second-order valence-electron chi connectivity index (χ2n) is 6.37. The number of nitrogens with zero attached hydrogens (tertiary/aromatic N) is 2. The summed E-state index contributed by atoms with van der Waals surface area (Å²) in [6.07, 6.45) is 0.388. The Morgan fingerprint density at radius 3 is 2.46 bits per heavy atom. The van der Waals surface area contributed by atoms with Gasteiger partial charge in [0, 0.05) is 0 Å². The summed E-state index contributed by atoms with van der Waals surface area (Å²) in [7, 11) is 0. The molecule has 3 rings (SSSR count). The van der Waals surface area contributed by atoms with E-state index >= 15 is 0 Å². The number of hydrazone groups is 1. The highest BCUT2D eigenvalue weighted by Crippen LogP contribution is 2.17. The van der Waals surface area contributed by atoms with Crippen LogP contribution in [0.2, 0.25) is 0 Å². The SMILES string of the molecule is CCC(=NNc1ccccc1C)c1c(O)n(Cc2ccccc2)c(=O)[nH]c1=O. The molecule has 0 aliphatic heterocycles. The lowest BCUT2D eigenvalue weighted by Crippen LogP contribution is -2.34. The third-order valence-electron chi connectivity index (χ3n) is 4.44. The Morgan fingerprint density at radius 1 is 1.11 bits per heavy atom. The molecule has 0 amide bonds. The van der Waals surface area contributed by atoms with Crippen molar-refractivity contribution in [3.63, 3.8) is 0 Å². The van der Waals surface area contributed by atoms with Gasteiger partial charge in [-0.1, -0.05) is 55.5 Å². The zero-order chi connectivity index (χ0) is 20.1. The van der Waals surface area contributed by atoms with E-state index in [1.54, 1.807) is 0 Å². The Hall–Kier alpha value is -3.61. The lowest BCUT2D eigenvalue weighted by molar-refractivity contribution is 0.408. The molecule has 0 aliphatic carbocycles. The van der Waals surface area contributed by atoms with Crippen LogP contribution in [0.1, 0.15) is 30.0 Å². The van der Waals surface area contributed by atoms with Gasteiger partial charge in [-0.25, -0.2) is 4.79 Å². The summed E-state index contributed by atoms with van der Waals surface area (Å²) in [5, 5.41) is 15.0. The molecule has 0 saturated heterocycles. The van der Waals surface area contributed by atoms with Crippen molar-refractivity contribution >= 4 is 11.4 Å². The van der Waals surface area contributed by atoms with Gasteiger partial charge in [-0.2, -0.15) is 5.10 Å². The van der Waals surface area contributed by atoms with Crippen LogP contribution in [0.15, 0.2) is 69.3 Å². The van der Waals surface area contributed by atoms with Crippen LogP contribution < -0.4 is 16.7 Å². The maximum atomic E-state index is 12.4. The topological polar surface area (TPSA) is 99.5 Å². The van der Waals surface area contributed by atoms with E-state index in [1.807, 2.05) is 68.4 Å². The maximum Gasteiger partial charge on any atom is 0.331 e. The first-order chi connectivity index (χ1) is 13.5. The second-order valence-corrected chi connectivity index (χ2v) is 6.37. The van der Waals surface area contributed by atoms with Gasteiger partial charge in [0.05, 0.1) is 17.9 Å². The average molecular weight is 378 g/mol. The van der Waals surface area contributed by atoms with E-state index in [1.165, 1.54) is 0 Å². The number of anilines is 1. The zero-order valence-electron chi connectivity index (χ0n) is 15.8. The van der Waals surface area contributed by atoms with Gasteiger partial charge < -0.3 is 5.11 Å². The van der Waals surface area contributed by atoms with Gasteiger partial charge in [-0.3, -0.25) is 19.8 Å². The van der Waals surface area contributed by atoms with Crippen molar-refractivity contribution in [2.75, 3.05) is 5.43 Å². The number of aromatic hydroxyl groups is 1. The van der Waals surface area contributed by atoms with Gasteiger partial charge in [0.15, 0.2) is 0 Å². The van der Waals surface area contributed by atoms with Crippen molar-refractivity contribution in [2.24, 2.45) is 5.10 Å². The Kier molecular flexibility index (Phi) is 5.74. The van der Waals surface area contributed by atoms with Crippen LogP contribution in [0, 0.1) is 6.92 Å². The molecule has 0 atom stereocenters. The molecule has 7 nitrogen and oxygen atoms in total. The van der Waals surface area contributed by atoms with Crippen molar-refractivity contribution < 1.29 is 5.11 Å². The number of benzene rings is 2. The third kappa shape index (κ3) is 4.03. The molecule has 28 heavy (non-hydrogen) atoms. The molecule has 0 bridgehead atoms. The highest BCUT2D eigenvalue weighted by Gasteiger charge is 2.18. The standard InChI is InChI=1S/C21H22N4O3/c1-3-16(23-24-17-12-8-7-9-14(17)2)18-19(26)22-21(28)25(20(18)27)13-15-10-5-4-6-11-15/h4-12,24,27H,3,13H2,1-2H3,(H,22,26,28). The van der Waals surface area contributed by atoms with E-state index in [2.05, 4.69) is 15.5 Å². The summed E-state index contributed by atoms with van der Waals surface area (Å²) < 4.78 is 1.13. The fraction of sp³-hybridized carbons (Fsp3) is 0.190. The Balaban J connectivity index is 2.03. The van der Waals surface area contributed by atoms with Crippen molar-refractivity contribution in [1.29, 1.82) is 0 Å². The minimum Gasteiger partial charge on any atom is -0.494 e. The Morgan fingerprint density at radius 2 is 1.79 bits per heavy atom. The van der Waals surface area contributed by atoms with E-state index in [0.29, 0.717) is 12.1 Å². The number of hydrogen-bond acceptors (Lipinski definition) is 5. The minimum atomic E-state index is -0.669. The molecule has 3 N–H and O–H groups in total. The molecule has 0 aliphatic rings. The number of nitrogens with one attached hydrogen (secondary N) is 2. The molecule has 7 heteroatoms. The van der Waals surface area contributed by atoms with Gasteiger partial charge in [0.25, 0.3) is 5.56 Å². The molecule has 3 aromatic rings. The minimum absolute atomic E-state index is 0.0147. The van der Waals surface area contributed by atoms with Crippen LogP contribution in [-0.2, 0) is 6.54 Å². The number of rotatable bonds is 6. The van der Waals surface area contributed by atoms with Gasteiger partial charge in [0.2, 0.25) is 5.88 Å². The first kappa shape index (κ1) is 19.2. The maximum absolute atomic E-state index is 12.4. The predicted octanol–water partition coefficient (Wildman–Crippen LogP) is 2.83. The summed E-state index contributed by atoms with van der Waals surface area (Å²) in [4.78, 5) is 26.9. The van der Waals surface area contributed by atoms with Gasteiger partial charge in [-0.15, -0.1) is 0 Å². The lowest BCUT2D eigenvalue weighted by Gasteiger charge is -2.13. The predicted molar refractivity (Wildman–Crippen MR) is 110 cm³/mol. The van der Waals surface area contributed by atoms with E-state index in [4.69, 9.17) is 0 Å². The monoisotopic (exact) mass is 378 g/mol. The van der Waals surface area contributed by atoms with Crippen LogP contribution in [0.5, 0.6) is 5.88 Å². The molecule has 2 aromatic carbocycles. The highest BCUT2D eigenvalue weighted by atomic mass is 16.3. The Labute approximate surface area is 162 Å². The smallest absolute Gasteiger partial charge is 0.331 e. The first-order valence-corrected chi connectivity index (χ1v) is 8.99. The average Bonchev–Trinajstić information content (AvgIpc) is 2.69. The van der Waals surface area contributed by atoms with Gasteiger partial charge in [0.1, 0.15) is 5.56 Å². The molecular weight excluding hydrogens is 356 g/mol. The fourth-order valence-corrected chi connectivity index (χ4v) is 2.87. The number of aromatic amines is 1. The highest BCUT2D eigenvalue weighted by molar-refractivity contribution is 6.02. The number of aromatic nitrogens is 2. The molecule has 0 unspecified atom stereocenters. The molecule has 1 aromatic heterocycles. The zero-order valence-corrected chi connectivity index (χ0v) is 15.8. The van der Waals surface area contributed by atoms with Crippen LogP contribution in [0.25, 0.3) is 0 Å². The second kappa shape index (κ2) is 8.39. The molecule has 1 heterocycles. The van der Waals surface area contributed by atoms with Crippen molar-refractivity contribution in [2.45, 2.75) is 26.8 Å². The molecule has 144 valence electrons. The molecule has 0 saturated carbocycles. The fourth-order valence-electron chi connectivity index (χ4n) is 2.87. The summed E-state index contributed by atoms with van der Waals surface area (Å²) in [5.74, 6) is -0.398. The van der Waals surface area contributed by atoms with Crippen molar-refractivity contribution in [3.8, 4) is 5.88 Å². The Bertz CT molecular complexity index is 1110. The molecule has 0 fully saturated rings. The first-order valence-electron chi connectivity index (χ1n) is 8.99. The molecule has 0 spiro atoms. The number of aryl methyl sites for hydroxylation is 1. The van der Waals surface area contributed by atoms with Crippen LogP contribution in [-0.4, -0.2) is 20.4 Å². The summed E-state index contributed by atoms with van der Waals surface area (Å²) in [6, 6.07) is 16.8. The van der Waals surface area contributed by atoms with Crippen molar-refractivity contribution in [3.05, 3.63) is 92.1 Å². The quantitative estimate of drug-likeness (QED) is 0.454. The lowest BCUT2D eigenvalue weighted by atomic mass is 10.1. The third-order valence-corrected chi connectivity index (χ3v) is 4.44. The van der Waals surface area contributed by atoms with Gasteiger partial charge >= 0.3 is 5.69 Å². The van der Waals surface area contributed by atoms with E-state index in [-0.39, 0.29) is 12.1 Å². The van der Waals surface area contributed by atoms with Crippen molar-refractivity contribution in [1.82, 2.24) is 9.55 Å². The van der Waals surface area contributed by atoms with Crippen LogP contribution in [0.3, 0.4) is 0 Å². The van der Waals surface area contributed by atoms with E-state index in [0.717, 1.165) is 21.4 Å². The number of H-pyrrole nitrogens is 1. The summed E-state index contributed by atoms with van der Waals surface area (Å²) >= 11 is 0. The molecular formula is C21H22N4O3. The van der Waals surface area contributed by atoms with E-state index < -0.39 is 17.1 Å². The summed E-state index contributed by atoms with van der Waals surface area (Å²) in [5.41, 5.74) is 4.55. The van der Waals surface area contributed by atoms with Crippen LogP contribution >= 0.6 is 0 Å². The number of hydrogen-bond donors (Lipinski definition) is 3. The molecule has 0 radical (unpaired) electrons. The van der Waals surface area contributed by atoms with Crippen LogP contribution in [0.4, 0.5) is 5.69 Å². The van der Waals surface area contributed by atoms with Gasteiger partial charge in [-0.05, 0) is 30.5 Å². The number of para-hydroxylation sites is 1. The normalized spacial score (nSPS) is 11.4. The summed E-state index contributed by atoms with van der Waals surface area (Å²) in [6.45, 7) is 3.90. The van der Waals surface area contributed by atoms with E-state index in [9.17, 15) is 14.7 Å².